The number of benzene rings is 1. The zero-order valence-electron chi connectivity index (χ0n) is 16.2. The van der Waals surface area contributed by atoms with E-state index >= 15 is 0 Å². The summed E-state index contributed by atoms with van der Waals surface area (Å²) in [6.07, 6.45) is -2.86. The fraction of sp³-hybridized carbons (Fsp3) is 0.400. The van der Waals surface area contributed by atoms with E-state index in [-0.39, 0.29) is 34.9 Å². The molecule has 1 N–H and O–H groups in total. The SMILES string of the molecule is [2H]C1=C(C(=O)OCC)C(S(=O)(=O)N([2H])c2ccc(F)cc2Cl)CCC1([2H])[2H]. The highest BCUT2D eigenvalue weighted by Gasteiger charge is 2.35. The third kappa shape index (κ3) is 4.23. The fourth-order valence-corrected chi connectivity index (χ4v) is 3.72. The summed E-state index contributed by atoms with van der Waals surface area (Å²) in [6, 6.07) is 1.97. The van der Waals surface area contributed by atoms with Gasteiger partial charge in [-0.2, -0.15) is 0 Å². The Bertz CT molecular complexity index is 894. The second-order valence-corrected chi connectivity index (χ2v) is 6.85. The minimum Gasteiger partial charge on any atom is -0.463 e. The Morgan fingerprint density at radius 1 is 1.65 bits per heavy atom. The summed E-state index contributed by atoms with van der Waals surface area (Å²) in [7, 11) is -4.60. The lowest BCUT2D eigenvalue weighted by Crippen LogP contribution is -2.34. The van der Waals surface area contributed by atoms with Crippen molar-refractivity contribution in [3.63, 3.8) is 0 Å². The monoisotopic (exact) mass is 365 g/mol. The van der Waals surface area contributed by atoms with Crippen LogP contribution in [0.2, 0.25) is 6.43 Å². The first kappa shape index (κ1) is 12.8. The fourth-order valence-electron chi connectivity index (χ4n) is 2.03. The molecule has 0 spiro atoms. The highest BCUT2D eigenvalue weighted by atomic mass is 35.5. The zero-order chi connectivity index (χ0) is 20.6. The molecular weight excluding hydrogens is 345 g/mol. The van der Waals surface area contributed by atoms with E-state index in [9.17, 15) is 17.6 Å². The topological polar surface area (TPSA) is 72.5 Å². The van der Waals surface area contributed by atoms with Gasteiger partial charge < -0.3 is 4.74 Å². The van der Waals surface area contributed by atoms with Gasteiger partial charge >= 0.3 is 5.97 Å². The normalized spacial score (nSPS) is 23.3. The molecule has 126 valence electrons. The van der Waals surface area contributed by atoms with E-state index in [1.54, 1.807) is 0 Å². The van der Waals surface area contributed by atoms with Gasteiger partial charge in [-0.25, -0.2) is 17.6 Å². The number of rotatable bonds is 5. The molecule has 1 atom stereocenters. The van der Waals surface area contributed by atoms with Crippen molar-refractivity contribution in [3.05, 3.63) is 40.7 Å². The van der Waals surface area contributed by atoms with E-state index in [4.69, 9.17) is 21.9 Å². The van der Waals surface area contributed by atoms with Crippen LogP contribution >= 0.6 is 11.6 Å². The number of sulfonamides is 1. The molecule has 1 unspecified atom stereocenters. The Morgan fingerprint density at radius 3 is 3.04 bits per heavy atom. The van der Waals surface area contributed by atoms with Gasteiger partial charge in [-0.3, -0.25) is 4.72 Å². The molecule has 0 amide bonds. The van der Waals surface area contributed by atoms with Crippen LogP contribution in [0.3, 0.4) is 0 Å². The first-order valence-electron chi connectivity index (χ1n) is 8.74. The summed E-state index contributed by atoms with van der Waals surface area (Å²) < 4.78 is 75.5. The van der Waals surface area contributed by atoms with E-state index in [0.717, 1.165) is 18.2 Å². The van der Waals surface area contributed by atoms with Gasteiger partial charge in [0.05, 0.1) is 24.3 Å². The van der Waals surface area contributed by atoms with Crippen molar-refractivity contribution in [1.82, 2.24) is 0 Å². The summed E-state index contributed by atoms with van der Waals surface area (Å²) in [6.45, 7) is 1.39. The molecule has 8 heteroatoms. The summed E-state index contributed by atoms with van der Waals surface area (Å²) in [5, 5.41) is -1.99. The molecule has 0 aliphatic heterocycles. The van der Waals surface area contributed by atoms with Crippen molar-refractivity contribution in [2.24, 2.45) is 0 Å². The third-order valence-corrected chi connectivity index (χ3v) is 5.01. The predicted octanol–water partition coefficient (Wildman–Crippen LogP) is 3.26. The average molecular weight is 366 g/mol. The van der Waals surface area contributed by atoms with E-state index in [1.807, 2.05) is 0 Å². The van der Waals surface area contributed by atoms with Crippen LogP contribution in [0, 0.1) is 5.82 Å². The van der Waals surface area contributed by atoms with Crippen molar-refractivity contribution in [3.8, 4) is 0 Å². The number of allylic oxidation sites excluding steroid dienone is 1. The molecule has 0 aromatic heterocycles. The highest BCUT2D eigenvalue weighted by molar-refractivity contribution is 7.93. The van der Waals surface area contributed by atoms with E-state index in [0.29, 0.717) is 0 Å². The maximum atomic E-state index is 13.2. The largest absolute Gasteiger partial charge is 0.463 e. The number of halogens is 2. The Balaban J connectivity index is 2.55. The molecule has 0 radical (unpaired) electrons. The minimum absolute atomic E-state index is 0.0623. The molecule has 23 heavy (non-hydrogen) atoms. The molecule has 1 aromatic carbocycles. The molecule has 0 bridgehead atoms. The van der Waals surface area contributed by atoms with Crippen LogP contribution in [0.1, 0.15) is 30.3 Å². The van der Waals surface area contributed by atoms with Crippen LogP contribution in [0.4, 0.5) is 10.1 Å². The molecule has 1 aliphatic carbocycles. The standard InChI is InChI=1S/C15H17ClFNO4S/c1-2-22-15(19)11-5-3-4-6-14(11)23(20,21)18-13-8-7-10(17)9-12(13)16/h5,7-9,14,18H,2-4,6H2,1H3/i3D2,5D/hD. The molecular formula is C15H17ClFNO4S. The van der Waals surface area contributed by atoms with Gasteiger partial charge in [0.1, 0.15) is 11.1 Å². The highest BCUT2D eigenvalue weighted by Crippen LogP contribution is 2.30. The van der Waals surface area contributed by atoms with Crippen molar-refractivity contribution in [2.75, 3.05) is 11.3 Å². The maximum absolute atomic E-state index is 13.2. The van der Waals surface area contributed by atoms with E-state index in [1.165, 1.54) is 6.92 Å². The Kier molecular flexibility index (Phi) is 4.06. The summed E-state index contributed by atoms with van der Waals surface area (Å²) in [5.41, 5.74) is -0.982. The molecule has 0 fully saturated rings. The summed E-state index contributed by atoms with van der Waals surface area (Å²) >= 11 is 5.83. The number of anilines is 1. The predicted molar refractivity (Wildman–Crippen MR) is 86.3 cm³/mol. The van der Waals surface area contributed by atoms with Crippen molar-refractivity contribution < 1.29 is 27.9 Å². The minimum atomic E-state index is -4.60. The van der Waals surface area contributed by atoms with Gasteiger partial charge in [0.2, 0.25) is 10.0 Å². The average Bonchev–Trinajstić information content (AvgIpc) is 2.56. The molecule has 0 saturated carbocycles. The lowest BCUT2D eigenvalue weighted by molar-refractivity contribution is -0.138. The number of hydrogen-bond donors (Lipinski definition) is 1. The van der Waals surface area contributed by atoms with Gasteiger partial charge in [0, 0.05) is 2.74 Å². The smallest absolute Gasteiger partial charge is 0.335 e. The first-order valence-corrected chi connectivity index (χ1v) is 8.68. The van der Waals surface area contributed by atoms with Crippen molar-refractivity contribution in [2.45, 2.75) is 31.4 Å². The van der Waals surface area contributed by atoms with Gasteiger partial charge in [-0.15, -0.1) is 0 Å². The van der Waals surface area contributed by atoms with E-state index < -0.39 is 45.1 Å². The summed E-state index contributed by atoms with van der Waals surface area (Å²) in [5.74, 6) is -1.85. The zero-order valence-corrected chi connectivity index (χ0v) is 13.7. The molecule has 5 nitrogen and oxygen atoms in total. The van der Waals surface area contributed by atoms with Gasteiger partial charge in [-0.1, -0.05) is 17.7 Å². The number of carbonyl (C=O) groups excluding carboxylic acids is 1. The molecule has 0 heterocycles. The molecule has 2 rings (SSSR count). The van der Waals surface area contributed by atoms with Gasteiger partial charge in [0.15, 0.2) is 1.41 Å². The third-order valence-electron chi connectivity index (χ3n) is 3.07. The number of nitrogens with one attached hydrogen (secondary N) is 1. The van der Waals surface area contributed by atoms with Crippen LogP contribution in [0.25, 0.3) is 0 Å². The number of ether oxygens (including phenoxy) is 1. The molecule has 1 aliphatic rings. The lowest BCUT2D eigenvalue weighted by atomic mass is 9.99. The van der Waals surface area contributed by atoms with Crippen LogP contribution in [0.5, 0.6) is 0 Å². The summed E-state index contributed by atoms with van der Waals surface area (Å²) in [4.78, 5) is 12.2. The molecule has 0 saturated heterocycles. The number of esters is 1. The van der Waals surface area contributed by atoms with Gasteiger partial charge in [0.25, 0.3) is 0 Å². The van der Waals surface area contributed by atoms with Crippen molar-refractivity contribution in [1.29, 1.82) is 0 Å². The number of carbonyl (C=O) groups is 1. The van der Waals surface area contributed by atoms with Crippen LogP contribution in [-0.2, 0) is 19.6 Å². The molecule has 1 aromatic rings. The Morgan fingerprint density at radius 2 is 2.39 bits per heavy atom. The Hall–Kier alpha value is -1.60. The number of hydrogen-bond acceptors (Lipinski definition) is 4. The van der Waals surface area contributed by atoms with Crippen molar-refractivity contribution >= 4 is 33.3 Å². The van der Waals surface area contributed by atoms with Gasteiger partial charge in [-0.05, 0) is 44.3 Å². The Labute approximate surface area is 145 Å². The lowest BCUT2D eigenvalue weighted by Gasteiger charge is -2.24. The second-order valence-electron chi connectivity index (χ2n) is 4.67. The van der Waals surface area contributed by atoms with Crippen LogP contribution in [0.15, 0.2) is 29.8 Å². The first-order chi connectivity index (χ1) is 12.4. The van der Waals surface area contributed by atoms with E-state index in [2.05, 4.69) is 0 Å². The second kappa shape index (κ2) is 7.31. The quantitative estimate of drug-likeness (QED) is 0.813. The van der Waals surface area contributed by atoms with Crippen LogP contribution in [-0.4, -0.2) is 26.2 Å². The van der Waals surface area contributed by atoms with Crippen LogP contribution < -0.4 is 4.72 Å². The maximum Gasteiger partial charge on any atom is 0.335 e.